The summed E-state index contributed by atoms with van der Waals surface area (Å²) in [6, 6.07) is 6.61. The van der Waals surface area contributed by atoms with Crippen LogP contribution in [0.5, 0.6) is 5.75 Å². The van der Waals surface area contributed by atoms with E-state index in [0.717, 1.165) is 12.2 Å². The Kier molecular flexibility index (Phi) is 6.56. The molecule has 0 spiro atoms. The van der Waals surface area contributed by atoms with E-state index in [1.54, 1.807) is 0 Å². The Bertz CT molecular complexity index is 542. The van der Waals surface area contributed by atoms with Gasteiger partial charge in [0.05, 0.1) is 0 Å². The van der Waals surface area contributed by atoms with E-state index in [-0.39, 0.29) is 23.2 Å². The van der Waals surface area contributed by atoms with Crippen LogP contribution >= 0.6 is 12.4 Å². The molecular weight excluding hydrogens is 328 g/mol. The molecule has 0 amide bonds. The third-order valence-electron chi connectivity index (χ3n) is 3.69. The Labute approximate surface area is 151 Å². The number of para-hydroxylation sites is 1. The van der Waals surface area contributed by atoms with Crippen molar-refractivity contribution in [1.82, 2.24) is 0 Å². The smallest absolute Gasteiger partial charge is 0.147 e. The van der Waals surface area contributed by atoms with Gasteiger partial charge in [-0.2, -0.15) is 0 Å². The zero-order valence-electron chi connectivity index (χ0n) is 14.5. The molecule has 0 radical (unpaired) electrons. The van der Waals surface area contributed by atoms with E-state index >= 15 is 0 Å². The van der Waals surface area contributed by atoms with E-state index < -0.39 is 19.5 Å². The maximum Gasteiger partial charge on any atom is -0.147 e. The van der Waals surface area contributed by atoms with E-state index in [0.29, 0.717) is 0 Å². The van der Waals surface area contributed by atoms with E-state index in [2.05, 4.69) is 78.0 Å². The number of rotatable bonds is 3. The monoisotopic (exact) mass is 354 g/mol. The molecule has 0 saturated heterocycles. The number of hydrogen-bond acceptors (Lipinski definition) is 1. The minimum absolute atomic E-state index is 0. The molecule has 0 saturated carbocycles. The van der Waals surface area contributed by atoms with Gasteiger partial charge in [0.25, 0.3) is 0 Å². The Hall–Kier alpha value is -0.496. The molecule has 0 atom stereocenters. The second-order valence-electron chi connectivity index (χ2n) is 7.71. The zero-order valence-corrected chi connectivity index (χ0v) is 16.9. The van der Waals surface area contributed by atoms with E-state index in [9.17, 15) is 0 Å². The summed E-state index contributed by atoms with van der Waals surface area (Å²) in [5, 5.41) is 0. The second kappa shape index (κ2) is 7.38. The molecule has 3 heteroatoms. The van der Waals surface area contributed by atoms with Gasteiger partial charge in [-0.1, -0.05) is 0 Å². The second-order valence-corrected chi connectivity index (χ2v) is 9.35. The fourth-order valence-corrected chi connectivity index (χ4v) is 3.75. The van der Waals surface area contributed by atoms with Crippen molar-refractivity contribution in [2.24, 2.45) is 0 Å². The van der Waals surface area contributed by atoms with Crippen LogP contribution in [0.3, 0.4) is 0 Å². The van der Waals surface area contributed by atoms with Crippen LogP contribution in [0.1, 0.15) is 59.1 Å². The summed E-state index contributed by atoms with van der Waals surface area (Å²) >= 11 is -0.535. The van der Waals surface area contributed by atoms with Crippen LogP contribution in [0.25, 0.3) is 0 Å². The van der Waals surface area contributed by atoms with Gasteiger partial charge in [-0.25, -0.2) is 0 Å². The molecule has 120 valence electrons. The zero-order chi connectivity index (χ0) is 15.7. The maximum atomic E-state index is 6.42. The average Bonchev–Trinajstić information content (AvgIpc) is 2.86. The molecule has 1 aliphatic rings. The van der Waals surface area contributed by atoms with Crippen LogP contribution in [-0.2, 0) is 30.4 Å². The van der Waals surface area contributed by atoms with E-state index in [1.165, 1.54) is 15.0 Å². The molecule has 0 bridgehead atoms. The molecule has 22 heavy (non-hydrogen) atoms. The molecular formula is C19H27ClOTi. The minimum Gasteiger partial charge on any atom is -0.147 e. The van der Waals surface area contributed by atoms with Gasteiger partial charge in [0.15, 0.2) is 0 Å². The van der Waals surface area contributed by atoms with Crippen molar-refractivity contribution in [3.05, 3.63) is 51.4 Å². The Morgan fingerprint density at radius 3 is 1.91 bits per heavy atom. The minimum atomic E-state index is -0.535. The first-order valence-electron chi connectivity index (χ1n) is 7.62. The van der Waals surface area contributed by atoms with Gasteiger partial charge in [0.1, 0.15) is 0 Å². The van der Waals surface area contributed by atoms with Gasteiger partial charge >= 0.3 is 139 Å². The SMILES string of the molecule is CC(C)(C)c1cccc(C(C)(C)C)c1[O][Ti][C]1=CC=CC1.Cl. The number of allylic oxidation sites excluding steroid dienone is 4. The first kappa shape index (κ1) is 19.6. The van der Waals surface area contributed by atoms with Crippen molar-refractivity contribution < 1.29 is 22.9 Å². The summed E-state index contributed by atoms with van der Waals surface area (Å²) in [6.45, 7) is 13.6. The molecule has 1 nitrogen and oxygen atoms in total. The van der Waals surface area contributed by atoms with Gasteiger partial charge in [-0.15, -0.1) is 12.4 Å². The van der Waals surface area contributed by atoms with Gasteiger partial charge in [-0.05, 0) is 0 Å². The molecule has 0 heterocycles. The van der Waals surface area contributed by atoms with Crippen LogP contribution in [0.2, 0.25) is 0 Å². The van der Waals surface area contributed by atoms with Crippen LogP contribution in [0, 0.1) is 0 Å². The Balaban J connectivity index is 0.00000242. The van der Waals surface area contributed by atoms with Crippen molar-refractivity contribution in [2.75, 3.05) is 0 Å². The molecule has 0 aromatic heterocycles. The summed E-state index contributed by atoms with van der Waals surface area (Å²) in [7, 11) is 0. The van der Waals surface area contributed by atoms with Crippen molar-refractivity contribution in [3.63, 3.8) is 0 Å². The molecule has 0 aliphatic heterocycles. The quantitative estimate of drug-likeness (QED) is 0.612. The number of benzene rings is 1. The van der Waals surface area contributed by atoms with Gasteiger partial charge in [0, 0.05) is 0 Å². The first-order valence-corrected chi connectivity index (χ1v) is 9.04. The summed E-state index contributed by atoms with van der Waals surface area (Å²) in [5.74, 6) is 1.13. The standard InChI is InChI=1S/C14H22O.C5H5.ClH.Ti/c1-13(2,3)10-8-7-9-11(12(10)15)14(4,5)6;1-2-4-5-3-1;;/h7-9,15H,1-6H3;1-3H,4H2;1H;/q;;;+1/p-1. The molecule has 1 aromatic rings. The van der Waals surface area contributed by atoms with Crippen LogP contribution < -0.4 is 3.32 Å². The third kappa shape index (κ3) is 4.75. The molecule has 2 rings (SSSR count). The molecule has 0 unspecified atom stereocenters. The summed E-state index contributed by atoms with van der Waals surface area (Å²) in [5.41, 5.74) is 2.85. The van der Waals surface area contributed by atoms with E-state index in [1.807, 2.05) is 0 Å². The van der Waals surface area contributed by atoms with Gasteiger partial charge in [0.2, 0.25) is 0 Å². The number of hydrogen-bond donors (Lipinski definition) is 0. The predicted molar refractivity (Wildman–Crippen MR) is 93.6 cm³/mol. The topological polar surface area (TPSA) is 9.23 Å². The summed E-state index contributed by atoms with van der Waals surface area (Å²) < 4.78 is 7.89. The Morgan fingerprint density at radius 2 is 1.50 bits per heavy atom. The average molecular weight is 355 g/mol. The molecule has 1 aliphatic carbocycles. The molecule has 0 N–H and O–H groups in total. The van der Waals surface area contributed by atoms with Crippen molar-refractivity contribution >= 4 is 12.4 Å². The van der Waals surface area contributed by atoms with E-state index in [4.69, 9.17) is 3.32 Å². The molecule has 0 fully saturated rings. The fraction of sp³-hybridized carbons (Fsp3) is 0.474. The van der Waals surface area contributed by atoms with Crippen LogP contribution in [0.4, 0.5) is 0 Å². The largest absolute Gasteiger partial charge is 0.147 e. The number of halogens is 1. The van der Waals surface area contributed by atoms with Gasteiger partial charge in [-0.3, -0.25) is 0 Å². The van der Waals surface area contributed by atoms with Crippen LogP contribution in [0.15, 0.2) is 40.3 Å². The predicted octanol–water partition coefficient (Wildman–Crippen LogP) is 5.92. The van der Waals surface area contributed by atoms with Crippen molar-refractivity contribution in [3.8, 4) is 5.75 Å². The van der Waals surface area contributed by atoms with Crippen LogP contribution in [-0.4, -0.2) is 0 Å². The molecule has 1 aromatic carbocycles. The van der Waals surface area contributed by atoms with Crippen molar-refractivity contribution in [2.45, 2.75) is 58.8 Å². The summed E-state index contributed by atoms with van der Waals surface area (Å²) in [6.07, 6.45) is 7.64. The summed E-state index contributed by atoms with van der Waals surface area (Å²) in [4.78, 5) is 0. The van der Waals surface area contributed by atoms with Crippen molar-refractivity contribution in [1.29, 1.82) is 0 Å². The third-order valence-corrected chi connectivity index (χ3v) is 5.15. The first-order chi connectivity index (χ1) is 9.69. The maximum absolute atomic E-state index is 6.42. The Morgan fingerprint density at radius 1 is 0.955 bits per heavy atom. The fourth-order valence-electron chi connectivity index (χ4n) is 2.47. The normalized spacial score (nSPS) is 14.4. The van der Waals surface area contributed by atoms with Gasteiger partial charge < -0.3 is 0 Å².